The maximum absolute atomic E-state index is 10.4. The summed E-state index contributed by atoms with van der Waals surface area (Å²) >= 11 is 0. The van der Waals surface area contributed by atoms with E-state index in [0.29, 0.717) is 4.74 Å². The first-order chi connectivity index (χ1) is 4.09. The Bertz CT molecular complexity index is 141. The summed E-state index contributed by atoms with van der Waals surface area (Å²) in [5, 5.41) is 18.7. The van der Waals surface area contributed by atoms with Crippen LogP contribution in [0.25, 0.3) is 0 Å². The third kappa shape index (κ3) is 2.12. The van der Waals surface area contributed by atoms with Crippen LogP contribution in [-0.4, -0.2) is 28.1 Å². The molecular formula is C5H9NO3. The normalized spacial score (nSPS) is 15.1. The smallest absolute Gasteiger partial charge is 0.373 e. The highest BCUT2D eigenvalue weighted by Crippen LogP contribution is 1.85. The lowest BCUT2D eigenvalue weighted by atomic mass is 10.4. The van der Waals surface area contributed by atoms with E-state index in [1.54, 1.807) is 0 Å². The van der Waals surface area contributed by atoms with Crippen LogP contribution >= 0.6 is 0 Å². The Labute approximate surface area is 53.0 Å². The molecular weight excluding hydrogens is 122 g/mol. The fourth-order valence-electron chi connectivity index (χ4n) is 0.332. The van der Waals surface area contributed by atoms with Crippen molar-refractivity contribution in [3.05, 3.63) is 5.21 Å². The number of hydroxylamine groups is 1. The van der Waals surface area contributed by atoms with Gasteiger partial charge in [0.1, 0.15) is 6.21 Å². The van der Waals surface area contributed by atoms with Crippen molar-refractivity contribution in [3.8, 4) is 0 Å². The molecule has 0 rings (SSSR count). The first-order valence-corrected chi connectivity index (χ1v) is 2.57. The molecule has 0 aliphatic rings. The number of carbonyl (C=O) groups is 1. The van der Waals surface area contributed by atoms with Crippen LogP contribution < -0.4 is 0 Å². The maximum Gasteiger partial charge on any atom is 0.373 e. The van der Waals surface area contributed by atoms with E-state index < -0.39 is 12.0 Å². The van der Waals surface area contributed by atoms with Crippen LogP contribution in [0.3, 0.4) is 0 Å². The molecule has 0 aliphatic heterocycles. The monoisotopic (exact) mass is 131 g/mol. The first-order valence-electron chi connectivity index (χ1n) is 2.57. The van der Waals surface area contributed by atoms with Crippen LogP contribution in [0.4, 0.5) is 0 Å². The zero-order valence-corrected chi connectivity index (χ0v) is 5.37. The first kappa shape index (κ1) is 7.94. The van der Waals surface area contributed by atoms with E-state index >= 15 is 0 Å². The van der Waals surface area contributed by atoms with Crippen molar-refractivity contribution in [1.82, 2.24) is 0 Å². The van der Waals surface area contributed by atoms with E-state index in [1.807, 2.05) is 0 Å². The van der Waals surface area contributed by atoms with E-state index in [2.05, 4.69) is 0 Å². The molecule has 0 aromatic heterocycles. The summed E-state index contributed by atoms with van der Waals surface area (Å²) in [7, 11) is 0. The van der Waals surface area contributed by atoms with Crippen molar-refractivity contribution < 1.29 is 14.6 Å². The van der Waals surface area contributed by atoms with E-state index in [1.165, 1.54) is 20.1 Å². The van der Waals surface area contributed by atoms with Gasteiger partial charge in [-0.3, -0.25) is 0 Å². The Morgan fingerprint density at radius 2 is 2.33 bits per heavy atom. The average molecular weight is 131 g/mol. The van der Waals surface area contributed by atoms with Gasteiger partial charge in [-0.2, -0.15) is 0 Å². The van der Waals surface area contributed by atoms with E-state index in [-0.39, 0.29) is 0 Å². The number of hydrogen-bond donors (Lipinski definition) is 1. The molecule has 0 saturated heterocycles. The molecule has 1 N–H and O–H groups in total. The molecule has 1 atom stereocenters. The van der Waals surface area contributed by atoms with Gasteiger partial charge in [0.2, 0.25) is 0 Å². The van der Waals surface area contributed by atoms with Gasteiger partial charge >= 0.3 is 5.97 Å². The van der Waals surface area contributed by atoms with Crippen LogP contribution in [0.5, 0.6) is 0 Å². The predicted molar refractivity (Wildman–Crippen MR) is 32.5 cm³/mol. The fraction of sp³-hybridized carbons (Fsp3) is 0.600. The van der Waals surface area contributed by atoms with Gasteiger partial charge in [0.25, 0.3) is 6.04 Å². The van der Waals surface area contributed by atoms with Gasteiger partial charge in [-0.1, -0.05) is 0 Å². The molecule has 9 heavy (non-hydrogen) atoms. The van der Waals surface area contributed by atoms with E-state index in [4.69, 9.17) is 5.11 Å². The lowest BCUT2D eigenvalue weighted by Gasteiger charge is -2.05. The molecule has 0 saturated carbocycles. The average Bonchev–Trinajstić information content (AvgIpc) is 1.84. The molecule has 0 aromatic carbocycles. The molecule has 0 fully saturated rings. The second kappa shape index (κ2) is 3.06. The quantitative estimate of drug-likeness (QED) is 0.249. The number of carboxylic acids is 1. The highest BCUT2D eigenvalue weighted by Gasteiger charge is 2.16. The highest BCUT2D eigenvalue weighted by atomic mass is 16.5. The van der Waals surface area contributed by atoms with Crippen LogP contribution in [0.1, 0.15) is 13.8 Å². The molecule has 4 heteroatoms. The van der Waals surface area contributed by atoms with Crippen molar-refractivity contribution in [2.24, 2.45) is 0 Å². The molecule has 0 heterocycles. The summed E-state index contributed by atoms with van der Waals surface area (Å²) in [6, 6.07) is -0.977. The summed E-state index contributed by atoms with van der Waals surface area (Å²) in [6.45, 7) is 2.82. The van der Waals surface area contributed by atoms with Gasteiger partial charge in [0.05, 0.1) is 0 Å². The van der Waals surface area contributed by atoms with Crippen molar-refractivity contribution in [3.63, 3.8) is 0 Å². The number of carboxylic acid groups (broad SMARTS) is 1. The third-order valence-electron chi connectivity index (χ3n) is 0.994. The molecule has 0 aromatic rings. The largest absolute Gasteiger partial charge is 0.623 e. The molecule has 0 spiro atoms. The van der Waals surface area contributed by atoms with Crippen molar-refractivity contribution >= 4 is 12.2 Å². The molecule has 52 valence electrons. The van der Waals surface area contributed by atoms with Crippen molar-refractivity contribution in [2.75, 3.05) is 0 Å². The van der Waals surface area contributed by atoms with Crippen LogP contribution in [0, 0.1) is 5.21 Å². The summed E-state index contributed by atoms with van der Waals surface area (Å²) < 4.78 is 0.391. The molecule has 1 unspecified atom stereocenters. The fourth-order valence-corrected chi connectivity index (χ4v) is 0.332. The molecule has 0 bridgehead atoms. The second-order valence-electron chi connectivity index (χ2n) is 1.63. The Morgan fingerprint density at radius 1 is 1.89 bits per heavy atom. The number of rotatable bonds is 2. The zero-order valence-electron chi connectivity index (χ0n) is 5.37. The predicted octanol–water partition coefficient (Wildman–Crippen LogP) is 0.0605. The minimum atomic E-state index is -1.11. The molecule has 4 nitrogen and oxygen atoms in total. The van der Waals surface area contributed by atoms with Crippen LogP contribution in [-0.2, 0) is 4.79 Å². The van der Waals surface area contributed by atoms with Gasteiger partial charge in [-0.25, -0.2) is 9.53 Å². The Kier molecular flexibility index (Phi) is 2.70. The van der Waals surface area contributed by atoms with E-state index in [9.17, 15) is 10.0 Å². The lowest BCUT2D eigenvalue weighted by molar-refractivity contribution is -0.480. The Morgan fingerprint density at radius 3 is 2.44 bits per heavy atom. The van der Waals surface area contributed by atoms with E-state index in [0.717, 1.165) is 0 Å². The summed E-state index contributed by atoms with van der Waals surface area (Å²) in [6.07, 6.45) is 1.18. The lowest BCUT2D eigenvalue weighted by Crippen LogP contribution is -2.27. The topological polar surface area (TPSA) is 63.4 Å². The van der Waals surface area contributed by atoms with Crippen molar-refractivity contribution in [2.45, 2.75) is 19.9 Å². The van der Waals surface area contributed by atoms with Gasteiger partial charge in [0.15, 0.2) is 0 Å². The Balaban J connectivity index is 4.04. The Hall–Kier alpha value is -1.06. The standard InChI is InChI=1S/C5H9NO3/c1-3-6(9)4(2)5(7)8/h3-4H,1-2H3,(H,7,8)/b6-3-. The minimum absolute atomic E-state index is 0.391. The number of nitrogens with zero attached hydrogens (tertiary/aromatic N) is 1. The summed E-state index contributed by atoms with van der Waals surface area (Å²) in [5.74, 6) is -1.11. The molecule has 0 aliphatic carbocycles. The number of aliphatic carboxylic acids is 1. The summed E-state index contributed by atoms with van der Waals surface area (Å²) in [5.41, 5.74) is 0. The van der Waals surface area contributed by atoms with Gasteiger partial charge in [-0.15, -0.1) is 0 Å². The molecule has 0 radical (unpaired) electrons. The molecule has 0 amide bonds. The summed E-state index contributed by atoms with van der Waals surface area (Å²) in [4.78, 5) is 10.0. The van der Waals surface area contributed by atoms with Gasteiger partial charge in [0, 0.05) is 13.8 Å². The van der Waals surface area contributed by atoms with Crippen LogP contribution in [0.2, 0.25) is 0 Å². The van der Waals surface area contributed by atoms with Gasteiger partial charge < -0.3 is 10.3 Å². The third-order valence-corrected chi connectivity index (χ3v) is 0.994. The highest BCUT2D eigenvalue weighted by molar-refractivity contribution is 5.72. The zero-order chi connectivity index (χ0) is 7.44. The van der Waals surface area contributed by atoms with Gasteiger partial charge in [-0.05, 0) is 0 Å². The maximum atomic E-state index is 10.4. The number of hydrogen-bond acceptors (Lipinski definition) is 2. The SMILES string of the molecule is C/C=[N+](\[O-])C(C)C(=O)O. The van der Waals surface area contributed by atoms with Crippen molar-refractivity contribution in [1.29, 1.82) is 0 Å². The minimum Gasteiger partial charge on any atom is -0.623 e. The second-order valence-corrected chi connectivity index (χ2v) is 1.63. The van der Waals surface area contributed by atoms with Crippen LogP contribution in [0.15, 0.2) is 0 Å².